The molecule has 0 unspecified atom stereocenters. The molecule has 0 fully saturated rings. The predicted octanol–water partition coefficient (Wildman–Crippen LogP) is 4.37. The lowest BCUT2D eigenvalue weighted by atomic mass is 10.0. The summed E-state index contributed by atoms with van der Waals surface area (Å²) in [6, 6.07) is 14.2. The molecule has 3 aromatic rings. The Morgan fingerprint density at radius 1 is 1.21 bits per heavy atom. The number of hydrogen-bond acceptors (Lipinski definition) is 3. The number of benzene rings is 2. The minimum Gasteiger partial charge on any atom is -0.488 e. The first kappa shape index (κ1) is 18.3. The molecular formula is C23H25N3O2. The van der Waals surface area contributed by atoms with E-state index in [0.29, 0.717) is 13.2 Å². The SMILES string of the molecule is CCc1ccccc1N(CC)C(=O)Cn1ncc2c1-c1cc(C)ccc1OC2. The Bertz CT molecular complexity index is 1020. The zero-order valence-corrected chi connectivity index (χ0v) is 16.6. The highest BCUT2D eigenvalue weighted by Gasteiger charge is 2.25. The number of rotatable bonds is 5. The minimum atomic E-state index is 0.0370. The molecule has 1 aromatic heterocycles. The number of fused-ring (bicyclic) bond motifs is 3. The number of amides is 1. The standard InChI is InChI=1S/C23H25N3O2/c1-4-17-8-6-7-9-20(17)25(5-2)22(27)14-26-23-18(13-24-26)15-28-21-11-10-16(3)12-19(21)23/h6-13H,4-5,14-15H2,1-3H3. The Labute approximate surface area is 165 Å². The van der Waals surface area contributed by atoms with E-state index < -0.39 is 0 Å². The van der Waals surface area contributed by atoms with Gasteiger partial charge in [-0.1, -0.05) is 36.8 Å². The normalized spacial score (nSPS) is 12.1. The van der Waals surface area contributed by atoms with E-state index in [0.717, 1.165) is 40.2 Å². The quantitative estimate of drug-likeness (QED) is 0.665. The summed E-state index contributed by atoms with van der Waals surface area (Å²) in [4.78, 5) is 15.1. The first-order valence-corrected chi connectivity index (χ1v) is 9.79. The van der Waals surface area contributed by atoms with Crippen LogP contribution in [0.1, 0.15) is 30.5 Å². The molecule has 0 saturated heterocycles. The number of para-hydroxylation sites is 1. The molecule has 1 aliphatic rings. The van der Waals surface area contributed by atoms with E-state index in [9.17, 15) is 4.79 Å². The van der Waals surface area contributed by atoms with Gasteiger partial charge in [0, 0.05) is 23.4 Å². The van der Waals surface area contributed by atoms with Crippen molar-refractivity contribution in [2.24, 2.45) is 0 Å². The summed E-state index contributed by atoms with van der Waals surface area (Å²) >= 11 is 0. The third kappa shape index (κ3) is 3.17. The third-order valence-corrected chi connectivity index (χ3v) is 5.25. The predicted molar refractivity (Wildman–Crippen MR) is 111 cm³/mol. The van der Waals surface area contributed by atoms with Gasteiger partial charge in [-0.2, -0.15) is 5.10 Å². The van der Waals surface area contributed by atoms with Crippen molar-refractivity contribution in [2.45, 2.75) is 40.3 Å². The highest BCUT2D eigenvalue weighted by atomic mass is 16.5. The maximum absolute atomic E-state index is 13.2. The fraction of sp³-hybridized carbons (Fsp3) is 0.304. The van der Waals surface area contributed by atoms with Crippen molar-refractivity contribution in [1.82, 2.24) is 9.78 Å². The molecule has 2 heterocycles. The van der Waals surface area contributed by atoms with Crippen LogP contribution in [-0.2, 0) is 24.4 Å². The third-order valence-electron chi connectivity index (χ3n) is 5.25. The van der Waals surface area contributed by atoms with E-state index in [1.165, 1.54) is 5.56 Å². The van der Waals surface area contributed by atoms with Crippen molar-refractivity contribution in [2.75, 3.05) is 11.4 Å². The average molecular weight is 375 g/mol. The second kappa shape index (κ2) is 7.50. The van der Waals surface area contributed by atoms with Crippen LogP contribution in [0.25, 0.3) is 11.3 Å². The Morgan fingerprint density at radius 3 is 2.82 bits per heavy atom. The van der Waals surface area contributed by atoms with Gasteiger partial charge in [0.15, 0.2) is 0 Å². The summed E-state index contributed by atoms with van der Waals surface area (Å²) in [6.45, 7) is 7.49. The van der Waals surface area contributed by atoms with E-state index in [1.807, 2.05) is 53.0 Å². The van der Waals surface area contributed by atoms with E-state index in [4.69, 9.17) is 4.74 Å². The molecule has 144 valence electrons. The lowest BCUT2D eigenvalue weighted by Gasteiger charge is -2.25. The van der Waals surface area contributed by atoms with Crippen molar-refractivity contribution in [1.29, 1.82) is 0 Å². The van der Waals surface area contributed by atoms with E-state index >= 15 is 0 Å². The molecule has 0 bridgehead atoms. The highest BCUT2D eigenvalue weighted by molar-refractivity contribution is 5.94. The maximum atomic E-state index is 13.2. The van der Waals surface area contributed by atoms with Crippen LogP contribution in [0.5, 0.6) is 5.75 Å². The summed E-state index contributed by atoms with van der Waals surface area (Å²) in [7, 11) is 0. The summed E-state index contributed by atoms with van der Waals surface area (Å²) in [5.74, 6) is 0.881. The molecule has 5 heteroatoms. The number of aromatic nitrogens is 2. The van der Waals surface area contributed by atoms with Gasteiger partial charge in [0.2, 0.25) is 5.91 Å². The Hall–Kier alpha value is -3.08. The van der Waals surface area contributed by atoms with Crippen LogP contribution in [0.3, 0.4) is 0 Å². The zero-order chi connectivity index (χ0) is 19.7. The topological polar surface area (TPSA) is 47.4 Å². The molecule has 28 heavy (non-hydrogen) atoms. The van der Waals surface area contributed by atoms with Crippen molar-refractivity contribution >= 4 is 11.6 Å². The molecule has 5 nitrogen and oxygen atoms in total. The second-order valence-corrected chi connectivity index (χ2v) is 7.08. The first-order valence-electron chi connectivity index (χ1n) is 9.79. The number of nitrogens with zero attached hydrogens (tertiary/aromatic N) is 3. The van der Waals surface area contributed by atoms with Gasteiger partial charge in [-0.3, -0.25) is 9.48 Å². The van der Waals surface area contributed by atoms with Crippen LogP contribution in [0.2, 0.25) is 0 Å². The van der Waals surface area contributed by atoms with Crippen LogP contribution >= 0.6 is 0 Å². The monoisotopic (exact) mass is 375 g/mol. The molecule has 0 saturated carbocycles. The number of likely N-dealkylation sites (N-methyl/N-ethyl adjacent to an activating group) is 1. The van der Waals surface area contributed by atoms with Crippen molar-refractivity contribution in [3.05, 3.63) is 65.4 Å². The molecule has 0 spiro atoms. The number of hydrogen-bond donors (Lipinski definition) is 0. The smallest absolute Gasteiger partial charge is 0.248 e. The fourth-order valence-electron chi connectivity index (χ4n) is 3.84. The van der Waals surface area contributed by atoms with Crippen LogP contribution in [0.4, 0.5) is 5.69 Å². The van der Waals surface area contributed by atoms with Gasteiger partial charge in [0.1, 0.15) is 18.9 Å². The van der Waals surface area contributed by atoms with Crippen LogP contribution in [0.15, 0.2) is 48.7 Å². The minimum absolute atomic E-state index is 0.0370. The van der Waals surface area contributed by atoms with Crippen LogP contribution in [0, 0.1) is 6.92 Å². The van der Waals surface area contributed by atoms with Gasteiger partial charge in [-0.05, 0) is 44.0 Å². The summed E-state index contributed by atoms with van der Waals surface area (Å²) in [6.07, 6.45) is 2.70. The summed E-state index contributed by atoms with van der Waals surface area (Å²) in [5, 5.41) is 4.51. The molecule has 1 amide bonds. The summed E-state index contributed by atoms with van der Waals surface area (Å²) < 4.78 is 7.66. The second-order valence-electron chi connectivity index (χ2n) is 7.08. The Morgan fingerprint density at radius 2 is 2.04 bits per heavy atom. The van der Waals surface area contributed by atoms with Gasteiger partial charge >= 0.3 is 0 Å². The van der Waals surface area contributed by atoms with Crippen LogP contribution in [-0.4, -0.2) is 22.2 Å². The molecule has 0 atom stereocenters. The van der Waals surface area contributed by atoms with Crippen molar-refractivity contribution in [3.63, 3.8) is 0 Å². The molecule has 1 aliphatic heterocycles. The maximum Gasteiger partial charge on any atom is 0.248 e. The molecule has 0 radical (unpaired) electrons. The Balaban J connectivity index is 1.67. The van der Waals surface area contributed by atoms with Crippen molar-refractivity contribution in [3.8, 4) is 17.0 Å². The molecule has 0 aliphatic carbocycles. The van der Waals surface area contributed by atoms with Gasteiger partial charge in [0.05, 0.1) is 11.9 Å². The highest BCUT2D eigenvalue weighted by Crippen LogP contribution is 2.38. The largest absolute Gasteiger partial charge is 0.488 e. The average Bonchev–Trinajstić information content (AvgIpc) is 3.12. The van der Waals surface area contributed by atoms with E-state index in [1.54, 1.807) is 0 Å². The number of aryl methyl sites for hydroxylation is 2. The van der Waals surface area contributed by atoms with Gasteiger partial charge < -0.3 is 9.64 Å². The van der Waals surface area contributed by atoms with Gasteiger partial charge in [-0.15, -0.1) is 0 Å². The molecule has 4 rings (SSSR count). The molecule has 0 N–H and O–H groups in total. The van der Waals surface area contributed by atoms with Gasteiger partial charge in [-0.25, -0.2) is 0 Å². The fourth-order valence-corrected chi connectivity index (χ4v) is 3.84. The van der Waals surface area contributed by atoms with Gasteiger partial charge in [0.25, 0.3) is 0 Å². The lowest BCUT2D eigenvalue weighted by molar-refractivity contribution is -0.119. The van der Waals surface area contributed by atoms with E-state index in [-0.39, 0.29) is 12.5 Å². The van der Waals surface area contributed by atoms with Crippen molar-refractivity contribution < 1.29 is 9.53 Å². The number of carbonyl (C=O) groups is 1. The van der Waals surface area contributed by atoms with Crippen LogP contribution < -0.4 is 9.64 Å². The number of ether oxygens (including phenoxy) is 1. The number of carbonyl (C=O) groups excluding carboxylic acids is 1. The number of anilines is 1. The molecular weight excluding hydrogens is 350 g/mol. The summed E-state index contributed by atoms with van der Waals surface area (Å²) in [5.41, 5.74) is 6.32. The Kier molecular flexibility index (Phi) is 4.90. The van der Waals surface area contributed by atoms with E-state index in [2.05, 4.69) is 31.1 Å². The first-order chi connectivity index (χ1) is 13.6. The zero-order valence-electron chi connectivity index (χ0n) is 16.6. The molecule has 2 aromatic carbocycles. The lowest BCUT2D eigenvalue weighted by Crippen LogP contribution is -2.34.